The lowest BCUT2D eigenvalue weighted by Crippen LogP contribution is -2.26. The Morgan fingerprint density at radius 3 is 0.847 bits per heavy atom. The number of carbonyl (C=O) groups excluding carboxylic acids is 3. The lowest BCUT2D eigenvalue weighted by Gasteiger charge is -2.18. The van der Waals surface area contributed by atoms with Gasteiger partial charge in [0.25, 0.3) is 0 Å². The van der Waals surface area contributed by atoms with Crippen LogP contribution >= 0.6 is 0 Å². The van der Waals surface area contributed by atoms with E-state index in [1.54, 1.807) is 54.6 Å². The maximum Gasteiger partial charge on any atom is 0.330 e. The third-order valence-corrected chi connectivity index (χ3v) is 11.9. The molecule has 0 aliphatic heterocycles. The Bertz CT molecular complexity index is 1820. The van der Waals surface area contributed by atoms with Gasteiger partial charge >= 0.3 is 17.9 Å². The van der Waals surface area contributed by atoms with E-state index in [-0.39, 0.29) is 41.5 Å². The maximum absolute atomic E-state index is 13.0. The van der Waals surface area contributed by atoms with Gasteiger partial charge in [-0.05, 0) is 110 Å². The first-order valence-electron chi connectivity index (χ1n) is 26.8. The fourth-order valence-electron chi connectivity index (χ4n) is 7.70. The molecule has 72 heavy (non-hydrogen) atoms. The van der Waals surface area contributed by atoms with E-state index >= 15 is 0 Å². The first kappa shape index (κ1) is 61.3. The summed E-state index contributed by atoms with van der Waals surface area (Å²) in [6.45, 7) is 4.36. The highest BCUT2D eigenvalue weighted by Gasteiger charge is 2.11. The summed E-state index contributed by atoms with van der Waals surface area (Å²) in [6.07, 6.45) is 34.7. The number of unbranched alkanes of at least 4 members (excludes halogenated alkanes) is 21. The van der Waals surface area contributed by atoms with Gasteiger partial charge in [0.1, 0.15) is 23.6 Å². The first-order chi connectivity index (χ1) is 35.3. The van der Waals surface area contributed by atoms with Crippen molar-refractivity contribution in [1.29, 1.82) is 0 Å². The van der Waals surface area contributed by atoms with Crippen LogP contribution in [-0.4, -0.2) is 76.9 Å². The minimum atomic E-state index is -0.384. The monoisotopic (exact) mass is 1000 g/mol. The minimum absolute atomic E-state index is 0.0901. The molecule has 3 aromatic rings. The molecule has 0 spiro atoms. The van der Waals surface area contributed by atoms with E-state index in [1.165, 1.54) is 86.7 Å². The van der Waals surface area contributed by atoms with E-state index in [1.807, 2.05) is 0 Å². The molecule has 0 N–H and O–H groups in total. The second-order valence-corrected chi connectivity index (χ2v) is 18.3. The molecule has 0 heterocycles. The Morgan fingerprint density at radius 2 is 0.569 bits per heavy atom. The summed E-state index contributed by atoms with van der Waals surface area (Å²) >= 11 is 0. The lowest BCUT2D eigenvalue weighted by atomic mass is 10.1. The summed E-state index contributed by atoms with van der Waals surface area (Å²) in [5.41, 5.74) is 2.25. The number of carbonyl (C=O) groups is 3. The van der Waals surface area contributed by atoms with Gasteiger partial charge in [-0.15, -0.1) is 0 Å². The Kier molecular flexibility index (Phi) is 36.1. The average Bonchev–Trinajstić information content (AvgIpc) is 3.38. The van der Waals surface area contributed by atoms with Crippen LogP contribution in [0.4, 0.5) is 13.2 Å². The molecule has 0 saturated carbocycles. The molecule has 0 radical (unpaired) electrons. The van der Waals surface area contributed by atoms with Crippen molar-refractivity contribution >= 4 is 36.1 Å². The van der Waals surface area contributed by atoms with Crippen LogP contribution in [0.1, 0.15) is 171 Å². The molecule has 9 nitrogen and oxygen atoms in total. The third kappa shape index (κ3) is 35.1. The van der Waals surface area contributed by atoms with E-state index < -0.39 is 0 Å². The summed E-state index contributed by atoms with van der Waals surface area (Å²) < 4.78 is 73.4. The van der Waals surface area contributed by atoms with Gasteiger partial charge in [0.15, 0.2) is 0 Å². The summed E-state index contributed by atoms with van der Waals surface area (Å²) in [5, 5.41) is 0. The first-order valence-corrected chi connectivity index (χ1v) is 26.8. The summed E-state index contributed by atoms with van der Waals surface area (Å²) in [7, 11) is 0. The van der Waals surface area contributed by atoms with Crippen LogP contribution in [0, 0.1) is 17.5 Å². The molecule has 0 bridgehead atoms. The molecule has 0 aromatic heterocycles. The molecule has 0 unspecified atom stereocenters. The van der Waals surface area contributed by atoms with Crippen molar-refractivity contribution in [3.63, 3.8) is 0 Å². The van der Waals surface area contributed by atoms with Crippen LogP contribution in [0.25, 0.3) is 18.2 Å². The number of hydrogen-bond acceptors (Lipinski definition) is 9. The zero-order valence-corrected chi connectivity index (χ0v) is 42.9. The topological polar surface area (TPSA) is 107 Å². The summed E-state index contributed by atoms with van der Waals surface area (Å²) in [6, 6.07) is 17.8. The van der Waals surface area contributed by atoms with Crippen LogP contribution < -0.4 is 0 Å². The Hall–Kier alpha value is -5.04. The predicted octanol–water partition coefficient (Wildman–Crippen LogP) is 15.0. The molecule has 398 valence electrons. The number of rotatable bonds is 44. The fourth-order valence-corrected chi connectivity index (χ4v) is 7.70. The second-order valence-electron chi connectivity index (χ2n) is 18.3. The van der Waals surface area contributed by atoms with Crippen LogP contribution in [0.15, 0.2) is 91.0 Å². The zero-order valence-electron chi connectivity index (χ0n) is 42.9. The maximum atomic E-state index is 13.0. The highest BCUT2D eigenvalue weighted by Crippen LogP contribution is 2.14. The standard InChI is InChI=1S/C60H83F3O9/c61-54-34-25-51(26-35-54)31-40-58(64)70-46-22-16-10-3-1-7-13-19-43-67-49-57(69-45-21-15-9-5-6-12-18-24-48-72-60(66)42-33-53-29-38-56(63)39-30-53)50-68-44-20-14-8-2-4-11-17-23-47-71-59(65)41-32-52-27-36-55(62)37-28-52/h25-42,57H,1-24,43-50H2. The highest BCUT2D eigenvalue weighted by molar-refractivity contribution is 5.88. The molecular formula is C60H83F3O9. The molecule has 0 amide bonds. The zero-order chi connectivity index (χ0) is 51.4. The van der Waals surface area contributed by atoms with E-state index in [9.17, 15) is 27.6 Å². The number of esters is 3. The van der Waals surface area contributed by atoms with Crippen molar-refractivity contribution in [3.8, 4) is 0 Å². The van der Waals surface area contributed by atoms with E-state index in [2.05, 4.69) is 0 Å². The van der Waals surface area contributed by atoms with E-state index in [0.717, 1.165) is 139 Å². The van der Waals surface area contributed by atoms with Gasteiger partial charge in [-0.2, -0.15) is 0 Å². The SMILES string of the molecule is O=C(C=Cc1ccc(F)cc1)OCCCCCCCCCCOCC(COCCCCCCCCCCOC(=O)C=Cc1ccc(F)cc1)OCCCCCCCCCCOC(=O)C=Cc1ccc(F)cc1. The van der Waals surface area contributed by atoms with Crippen LogP contribution in [0.3, 0.4) is 0 Å². The molecule has 12 heteroatoms. The molecule has 0 atom stereocenters. The number of hydrogen-bond donors (Lipinski definition) is 0. The molecular weight excluding hydrogens is 922 g/mol. The van der Waals surface area contributed by atoms with Crippen molar-refractivity contribution in [2.45, 2.75) is 160 Å². The normalized spacial score (nSPS) is 12.0. The van der Waals surface area contributed by atoms with E-state index in [4.69, 9.17) is 28.4 Å². The van der Waals surface area contributed by atoms with Gasteiger partial charge in [0.05, 0.1) is 33.0 Å². The minimum Gasteiger partial charge on any atom is -0.463 e. The largest absolute Gasteiger partial charge is 0.463 e. The predicted molar refractivity (Wildman–Crippen MR) is 281 cm³/mol. The van der Waals surface area contributed by atoms with Crippen molar-refractivity contribution in [3.05, 3.63) is 125 Å². The molecule has 0 fully saturated rings. The van der Waals surface area contributed by atoms with Gasteiger partial charge in [0, 0.05) is 38.0 Å². The van der Waals surface area contributed by atoms with Gasteiger partial charge in [-0.1, -0.05) is 152 Å². The molecule has 3 rings (SSSR count). The Labute approximate surface area is 428 Å². The van der Waals surface area contributed by atoms with Crippen molar-refractivity contribution in [2.75, 3.05) is 52.9 Å². The third-order valence-electron chi connectivity index (χ3n) is 11.9. The number of halogens is 3. The van der Waals surface area contributed by atoms with Gasteiger partial charge in [-0.3, -0.25) is 0 Å². The van der Waals surface area contributed by atoms with Gasteiger partial charge in [0.2, 0.25) is 0 Å². The van der Waals surface area contributed by atoms with Crippen LogP contribution in [-0.2, 0) is 42.8 Å². The van der Waals surface area contributed by atoms with Crippen molar-refractivity contribution in [2.24, 2.45) is 0 Å². The average molecular weight is 1010 g/mol. The summed E-state index contributed by atoms with van der Waals surface area (Å²) in [5.74, 6) is -2.08. The number of ether oxygens (including phenoxy) is 6. The smallest absolute Gasteiger partial charge is 0.330 e. The fraction of sp³-hybridized carbons (Fsp3) is 0.550. The van der Waals surface area contributed by atoms with Crippen LogP contribution in [0.2, 0.25) is 0 Å². The second kappa shape index (κ2) is 42.5. The van der Waals surface area contributed by atoms with Gasteiger partial charge < -0.3 is 28.4 Å². The number of benzene rings is 3. The molecule has 0 saturated heterocycles. The van der Waals surface area contributed by atoms with E-state index in [0.29, 0.717) is 52.9 Å². The summed E-state index contributed by atoms with van der Waals surface area (Å²) in [4.78, 5) is 35.8. The molecule has 0 aliphatic rings. The van der Waals surface area contributed by atoms with Crippen molar-refractivity contribution < 1.29 is 56.0 Å². The Morgan fingerprint density at radius 1 is 0.333 bits per heavy atom. The highest BCUT2D eigenvalue weighted by atomic mass is 19.1. The van der Waals surface area contributed by atoms with Crippen molar-refractivity contribution in [1.82, 2.24) is 0 Å². The molecule has 0 aliphatic carbocycles. The van der Waals surface area contributed by atoms with Crippen LogP contribution in [0.5, 0.6) is 0 Å². The lowest BCUT2D eigenvalue weighted by molar-refractivity contribution is -0.138. The Balaban J connectivity index is 1.17. The quantitative estimate of drug-likeness (QED) is 0.0237. The van der Waals surface area contributed by atoms with Gasteiger partial charge in [-0.25, -0.2) is 27.6 Å². The molecule has 3 aromatic carbocycles.